The van der Waals surface area contributed by atoms with Crippen LogP contribution in [-0.4, -0.2) is 37.4 Å². The van der Waals surface area contributed by atoms with E-state index in [2.05, 4.69) is 35.9 Å². The number of benzene rings is 1. The molecule has 1 unspecified atom stereocenters. The SMILES string of the molecule is C=CCn1c(=O)c2ccccc2n2c(SCC(=O)NCC(CC)CCCC)nnc12. The van der Waals surface area contributed by atoms with Gasteiger partial charge in [0.2, 0.25) is 11.7 Å². The molecule has 1 N–H and O–H groups in total. The average molecular weight is 428 g/mol. The summed E-state index contributed by atoms with van der Waals surface area (Å²) in [6.07, 6.45) is 6.23. The molecule has 7 nitrogen and oxygen atoms in total. The summed E-state index contributed by atoms with van der Waals surface area (Å²) in [5.41, 5.74) is 0.605. The minimum Gasteiger partial charge on any atom is -0.355 e. The van der Waals surface area contributed by atoms with Gasteiger partial charge in [-0.3, -0.25) is 18.6 Å². The van der Waals surface area contributed by atoms with Gasteiger partial charge in [-0.2, -0.15) is 0 Å². The molecule has 0 fully saturated rings. The fraction of sp³-hybridized carbons (Fsp3) is 0.455. The molecule has 0 bridgehead atoms. The van der Waals surface area contributed by atoms with E-state index in [-0.39, 0.29) is 17.2 Å². The number of amides is 1. The van der Waals surface area contributed by atoms with Crippen molar-refractivity contribution in [2.24, 2.45) is 5.92 Å². The minimum absolute atomic E-state index is 0.0181. The maximum atomic E-state index is 12.8. The quantitative estimate of drug-likeness (QED) is 0.373. The highest BCUT2D eigenvalue weighted by Gasteiger charge is 2.17. The number of unbranched alkanes of at least 4 members (excludes halogenated alkanes) is 1. The van der Waals surface area contributed by atoms with E-state index in [1.807, 2.05) is 22.6 Å². The number of nitrogens with one attached hydrogen (secondary N) is 1. The van der Waals surface area contributed by atoms with Crippen LogP contribution < -0.4 is 10.9 Å². The molecule has 2 aromatic heterocycles. The second-order valence-electron chi connectivity index (χ2n) is 7.35. The van der Waals surface area contributed by atoms with Gasteiger partial charge in [0.25, 0.3) is 5.56 Å². The Morgan fingerprint density at radius 1 is 1.30 bits per heavy atom. The maximum Gasteiger partial charge on any atom is 0.263 e. The van der Waals surface area contributed by atoms with Crippen molar-refractivity contribution in [3.05, 3.63) is 47.3 Å². The number of aromatic nitrogens is 4. The van der Waals surface area contributed by atoms with Gasteiger partial charge < -0.3 is 5.32 Å². The summed E-state index contributed by atoms with van der Waals surface area (Å²) in [5, 5.41) is 12.7. The second-order valence-corrected chi connectivity index (χ2v) is 8.29. The van der Waals surface area contributed by atoms with Crippen molar-refractivity contribution in [3.8, 4) is 0 Å². The molecule has 0 spiro atoms. The molecule has 3 rings (SSSR count). The molecule has 0 aliphatic carbocycles. The van der Waals surface area contributed by atoms with Crippen LogP contribution in [0.5, 0.6) is 0 Å². The zero-order valence-electron chi connectivity index (χ0n) is 17.6. The number of thioether (sulfide) groups is 1. The summed E-state index contributed by atoms with van der Waals surface area (Å²) in [6.45, 7) is 9.13. The van der Waals surface area contributed by atoms with Crippen LogP contribution >= 0.6 is 11.8 Å². The lowest BCUT2D eigenvalue weighted by Gasteiger charge is -2.15. The lowest BCUT2D eigenvalue weighted by atomic mass is 9.99. The number of carbonyl (C=O) groups excluding carboxylic acids is 1. The molecule has 1 amide bonds. The number of nitrogens with zero attached hydrogens (tertiary/aromatic N) is 4. The number of hydrogen-bond donors (Lipinski definition) is 1. The van der Waals surface area contributed by atoms with E-state index in [9.17, 15) is 9.59 Å². The number of fused-ring (bicyclic) bond motifs is 3. The van der Waals surface area contributed by atoms with Crippen LogP contribution in [0.2, 0.25) is 0 Å². The Kier molecular flexibility index (Phi) is 7.68. The highest BCUT2D eigenvalue weighted by Crippen LogP contribution is 2.21. The Hall–Kier alpha value is -2.61. The van der Waals surface area contributed by atoms with Gasteiger partial charge >= 0.3 is 0 Å². The van der Waals surface area contributed by atoms with Gasteiger partial charge in [0.05, 0.1) is 16.7 Å². The van der Waals surface area contributed by atoms with Crippen molar-refractivity contribution in [3.63, 3.8) is 0 Å². The standard InChI is InChI=1S/C22H29N5O2S/c1-4-7-10-16(6-3)14-23-19(28)15-30-22-25-24-21-26(13-5-2)20(29)17-11-8-9-12-18(17)27(21)22/h5,8-9,11-12,16H,2,4,6-7,10,13-15H2,1,3H3,(H,23,28). The van der Waals surface area contributed by atoms with Crippen LogP contribution in [0.4, 0.5) is 0 Å². The Morgan fingerprint density at radius 3 is 2.83 bits per heavy atom. The summed E-state index contributed by atoms with van der Waals surface area (Å²) in [6, 6.07) is 7.37. The summed E-state index contributed by atoms with van der Waals surface area (Å²) in [5.74, 6) is 1.20. The number of carbonyl (C=O) groups is 1. The van der Waals surface area contributed by atoms with E-state index >= 15 is 0 Å². The number of allylic oxidation sites excluding steroid dienone is 1. The topological polar surface area (TPSA) is 81.3 Å². The van der Waals surface area contributed by atoms with Gasteiger partial charge in [-0.1, -0.05) is 63.1 Å². The fourth-order valence-corrected chi connectivity index (χ4v) is 4.27. The highest BCUT2D eigenvalue weighted by molar-refractivity contribution is 7.99. The predicted octanol–water partition coefficient (Wildman–Crippen LogP) is 3.65. The summed E-state index contributed by atoms with van der Waals surface area (Å²) in [4.78, 5) is 25.2. The normalized spacial score (nSPS) is 12.3. The van der Waals surface area contributed by atoms with Gasteiger partial charge in [0, 0.05) is 13.1 Å². The van der Waals surface area contributed by atoms with Gasteiger partial charge in [0.15, 0.2) is 5.16 Å². The first-order valence-corrected chi connectivity index (χ1v) is 11.5. The molecule has 0 aliphatic rings. The van der Waals surface area contributed by atoms with Crippen LogP contribution in [0.25, 0.3) is 16.7 Å². The third kappa shape index (κ3) is 4.75. The average Bonchev–Trinajstić information content (AvgIpc) is 3.19. The van der Waals surface area contributed by atoms with Gasteiger partial charge in [-0.05, 0) is 24.5 Å². The zero-order valence-corrected chi connectivity index (χ0v) is 18.5. The van der Waals surface area contributed by atoms with Crippen LogP contribution in [0.3, 0.4) is 0 Å². The van der Waals surface area contributed by atoms with E-state index in [0.29, 0.717) is 35.3 Å². The van der Waals surface area contributed by atoms with Crippen molar-refractivity contribution in [2.75, 3.05) is 12.3 Å². The van der Waals surface area contributed by atoms with Crippen molar-refractivity contribution < 1.29 is 4.79 Å². The largest absolute Gasteiger partial charge is 0.355 e. The first-order valence-electron chi connectivity index (χ1n) is 10.5. The van der Waals surface area contributed by atoms with E-state index < -0.39 is 0 Å². The summed E-state index contributed by atoms with van der Waals surface area (Å²) >= 11 is 1.33. The molecule has 2 heterocycles. The van der Waals surface area contributed by atoms with Gasteiger partial charge in [-0.25, -0.2) is 0 Å². The smallest absolute Gasteiger partial charge is 0.263 e. The summed E-state index contributed by atoms with van der Waals surface area (Å²) < 4.78 is 3.39. The van der Waals surface area contributed by atoms with E-state index in [4.69, 9.17) is 0 Å². The van der Waals surface area contributed by atoms with Crippen LogP contribution in [0.1, 0.15) is 39.5 Å². The third-order valence-electron chi connectivity index (χ3n) is 5.25. The van der Waals surface area contributed by atoms with Crippen molar-refractivity contribution >= 4 is 34.3 Å². The first-order chi connectivity index (χ1) is 14.6. The predicted molar refractivity (Wildman–Crippen MR) is 122 cm³/mol. The zero-order chi connectivity index (χ0) is 21.5. The molecular formula is C22H29N5O2S. The molecule has 8 heteroatoms. The lowest BCUT2D eigenvalue weighted by Crippen LogP contribution is -2.30. The van der Waals surface area contributed by atoms with Crippen molar-refractivity contribution in [1.82, 2.24) is 24.5 Å². The first kappa shape index (κ1) is 22.1. The second kappa shape index (κ2) is 10.4. The Labute approximate surface area is 180 Å². The van der Waals surface area contributed by atoms with Crippen LogP contribution in [0.15, 0.2) is 46.9 Å². The number of hydrogen-bond acceptors (Lipinski definition) is 5. The molecular weight excluding hydrogens is 398 g/mol. The molecule has 30 heavy (non-hydrogen) atoms. The Bertz CT molecular complexity index is 1090. The van der Waals surface area contributed by atoms with E-state index in [0.717, 1.165) is 18.4 Å². The molecule has 3 aromatic rings. The highest BCUT2D eigenvalue weighted by atomic mass is 32.2. The molecule has 0 radical (unpaired) electrons. The van der Waals surface area contributed by atoms with Crippen molar-refractivity contribution in [2.45, 2.75) is 51.2 Å². The fourth-order valence-electron chi connectivity index (χ4n) is 3.50. The van der Waals surface area contributed by atoms with Crippen molar-refractivity contribution in [1.29, 1.82) is 0 Å². The van der Waals surface area contributed by atoms with E-state index in [1.165, 1.54) is 24.6 Å². The van der Waals surface area contributed by atoms with Crippen LogP contribution in [-0.2, 0) is 11.3 Å². The van der Waals surface area contributed by atoms with E-state index in [1.54, 1.807) is 16.7 Å². The lowest BCUT2D eigenvalue weighted by molar-refractivity contribution is -0.118. The molecule has 0 saturated heterocycles. The molecule has 160 valence electrons. The third-order valence-corrected chi connectivity index (χ3v) is 6.18. The number of rotatable bonds is 11. The molecule has 1 aromatic carbocycles. The van der Waals surface area contributed by atoms with Crippen LogP contribution in [0, 0.1) is 5.92 Å². The minimum atomic E-state index is -0.127. The maximum absolute atomic E-state index is 12.8. The van der Waals surface area contributed by atoms with Gasteiger partial charge in [-0.15, -0.1) is 16.8 Å². The molecule has 0 aliphatic heterocycles. The Balaban J connectivity index is 1.80. The van der Waals surface area contributed by atoms with Gasteiger partial charge in [0.1, 0.15) is 0 Å². The number of para-hydroxylation sites is 1. The molecule has 0 saturated carbocycles. The molecule has 1 atom stereocenters. The Morgan fingerprint density at radius 2 is 2.10 bits per heavy atom. The monoisotopic (exact) mass is 427 g/mol. The summed E-state index contributed by atoms with van der Waals surface area (Å²) in [7, 11) is 0.